The van der Waals surface area contributed by atoms with Gasteiger partial charge in [-0.2, -0.15) is 5.26 Å². The van der Waals surface area contributed by atoms with Crippen molar-refractivity contribution in [3.8, 4) is 17.3 Å². The first-order valence-electron chi connectivity index (χ1n) is 6.07. The van der Waals surface area contributed by atoms with Gasteiger partial charge in [0, 0.05) is 18.5 Å². The van der Waals surface area contributed by atoms with E-state index in [-0.39, 0.29) is 0 Å². The van der Waals surface area contributed by atoms with E-state index in [1.807, 2.05) is 36.6 Å². The number of aryl methyl sites for hydroxylation is 1. The molecule has 2 N–H and O–H groups in total. The average Bonchev–Trinajstić information content (AvgIpc) is 2.74. The first kappa shape index (κ1) is 12.2. The number of rotatable bonds is 3. The molecule has 4 heteroatoms. The Labute approximate surface area is 107 Å². The zero-order valence-corrected chi connectivity index (χ0v) is 10.6. The maximum atomic E-state index is 9.14. The zero-order valence-electron chi connectivity index (χ0n) is 10.6. The Kier molecular flexibility index (Phi) is 3.33. The smallest absolute Gasteiger partial charge is 0.131 e. The Morgan fingerprint density at radius 1 is 1.33 bits per heavy atom. The van der Waals surface area contributed by atoms with Gasteiger partial charge in [0.25, 0.3) is 0 Å². The topological polar surface area (TPSA) is 67.6 Å². The Hall–Kier alpha value is -2.28. The number of imidazole rings is 1. The molecule has 1 aromatic heterocycles. The van der Waals surface area contributed by atoms with Crippen LogP contribution in [-0.2, 0) is 13.0 Å². The summed E-state index contributed by atoms with van der Waals surface area (Å²) in [7, 11) is 0. The van der Waals surface area contributed by atoms with Gasteiger partial charge in [0.1, 0.15) is 17.3 Å². The molecule has 1 aromatic carbocycles. The molecule has 0 atom stereocenters. The Bertz CT molecular complexity index is 605. The SMILES string of the molecule is CCc1nc(-c2ccccc2C#N)c(N)n1CC. The molecule has 0 aliphatic carbocycles. The molecular formula is C14H16N4. The highest BCUT2D eigenvalue weighted by atomic mass is 15.1. The van der Waals surface area contributed by atoms with Gasteiger partial charge in [0.2, 0.25) is 0 Å². The summed E-state index contributed by atoms with van der Waals surface area (Å²) in [5.41, 5.74) is 8.26. The molecule has 0 saturated carbocycles. The lowest BCUT2D eigenvalue weighted by molar-refractivity contribution is 0.713. The van der Waals surface area contributed by atoms with Crippen molar-refractivity contribution < 1.29 is 0 Å². The van der Waals surface area contributed by atoms with Crippen LogP contribution in [0.1, 0.15) is 25.2 Å². The van der Waals surface area contributed by atoms with Gasteiger partial charge >= 0.3 is 0 Å². The molecule has 4 nitrogen and oxygen atoms in total. The third-order valence-corrected chi connectivity index (χ3v) is 3.02. The van der Waals surface area contributed by atoms with E-state index in [0.717, 1.165) is 24.4 Å². The van der Waals surface area contributed by atoms with Crippen LogP contribution in [0.15, 0.2) is 24.3 Å². The normalized spacial score (nSPS) is 10.3. The first-order valence-corrected chi connectivity index (χ1v) is 6.07. The predicted molar refractivity (Wildman–Crippen MR) is 71.8 cm³/mol. The van der Waals surface area contributed by atoms with E-state index in [4.69, 9.17) is 11.0 Å². The second kappa shape index (κ2) is 4.92. The van der Waals surface area contributed by atoms with Crippen LogP contribution in [0, 0.1) is 11.3 Å². The summed E-state index contributed by atoms with van der Waals surface area (Å²) < 4.78 is 1.99. The summed E-state index contributed by atoms with van der Waals surface area (Å²) in [6.45, 7) is 4.88. The standard InChI is InChI=1S/C14H16N4/c1-3-12-17-13(14(16)18(12)4-2)11-8-6-5-7-10(11)9-15/h5-8H,3-4,16H2,1-2H3. The maximum absolute atomic E-state index is 9.14. The number of anilines is 1. The van der Waals surface area contributed by atoms with Gasteiger partial charge in [-0.05, 0) is 13.0 Å². The Morgan fingerprint density at radius 2 is 2.06 bits per heavy atom. The fourth-order valence-corrected chi connectivity index (χ4v) is 2.12. The van der Waals surface area contributed by atoms with Gasteiger partial charge in [-0.25, -0.2) is 4.98 Å². The zero-order chi connectivity index (χ0) is 13.1. The number of nitriles is 1. The molecule has 2 aromatic rings. The van der Waals surface area contributed by atoms with Crippen LogP contribution in [0.3, 0.4) is 0 Å². The number of nitrogen functional groups attached to an aromatic ring is 1. The van der Waals surface area contributed by atoms with E-state index in [0.29, 0.717) is 17.1 Å². The molecule has 2 rings (SSSR count). The lowest BCUT2D eigenvalue weighted by atomic mass is 10.1. The van der Waals surface area contributed by atoms with Crippen LogP contribution >= 0.6 is 0 Å². The van der Waals surface area contributed by atoms with E-state index in [2.05, 4.69) is 11.1 Å². The van der Waals surface area contributed by atoms with Crippen molar-refractivity contribution in [2.75, 3.05) is 5.73 Å². The molecule has 0 aliphatic rings. The average molecular weight is 240 g/mol. The molecule has 0 unspecified atom stereocenters. The van der Waals surface area contributed by atoms with Crippen LogP contribution in [0.25, 0.3) is 11.3 Å². The summed E-state index contributed by atoms with van der Waals surface area (Å²) in [5.74, 6) is 1.59. The second-order valence-corrected chi connectivity index (χ2v) is 4.02. The number of nitrogens with two attached hydrogens (primary N) is 1. The third-order valence-electron chi connectivity index (χ3n) is 3.02. The van der Waals surface area contributed by atoms with Gasteiger partial charge in [0.15, 0.2) is 0 Å². The quantitative estimate of drug-likeness (QED) is 0.896. The van der Waals surface area contributed by atoms with Crippen molar-refractivity contribution >= 4 is 5.82 Å². The first-order chi connectivity index (χ1) is 8.72. The molecule has 0 spiro atoms. The van der Waals surface area contributed by atoms with Crippen LogP contribution in [0.4, 0.5) is 5.82 Å². The molecule has 0 amide bonds. The molecule has 92 valence electrons. The molecule has 18 heavy (non-hydrogen) atoms. The van der Waals surface area contributed by atoms with Gasteiger partial charge < -0.3 is 10.3 Å². The number of hydrogen-bond donors (Lipinski definition) is 1. The third kappa shape index (κ3) is 1.84. The van der Waals surface area contributed by atoms with Gasteiger partial charge in [0.05, 0.1) is 11.6 Å². The minimum absolute atomic E-state index is 0.604. The highest BCUT2D eigenvalue weighted by molar-refractivity contribution is 5.75. The van der Waals surface area contributed by atoms with E-state index in [1.165, 1.54) is 0 Å². The van der Waals surface area contributed by atoms with E-state index < -0.39 is 0 Å². The molecule has 0 aliphatic heterocycles. The van der Waals surface area contributed by atoms with E-state index in [9.17, 15) is 0 Å². The van der Waals surface area contributed by atoms with Crippen molar-refractivity contribution in [2.24, 2.45) is 0 Å². The van der Waals surface area contributed by atoms with Crippen molar-refractivity contribution in [1.82, 2.24) is 9.55 Å². The number of aromatic nitrogens is 2. The van der Waals surface area contributed by atoms with Crippen LogP contribution in [-0.4, -0.2) is 9.55 Å². The van der Waals surface area contributed by atoms with Crippen LogP contribution in [0.5, 0.6) is 0 Å². The molecular weight excluding hydrogens is 224 g/mol. The second-order valence-electron chi connectivity index (χ2n) is 4.02. The fourth-order valence-electron chi connectivity index (χ4n) is 2.12. The van der Waals surface area contributed by atoms with Gasteiger partial charge in [-0.15, -0.1) is 0 Å². The number of hydrogen-bond acceptors (Lipinski definition) is 3. The van der Waals surface area contributed by atoms with Crippen molar-refractivity contribution in [1.29, 1.82) is 5.26 Å². The lowest BCUT2D eigenvalue weighted by Gasteiger charge is -2.05. The summed E-state index contributed by atoms with van der Waals surface area (Å²) >= 11 is 0. The molecule has 0 radical (unpaired) electrons. The molecule has 0 bridgehead atoms. The highest BCUT2D eigenvalue weighted by Gasteiger charge is 2.16. The monoisotopic (exact) mass is 240 g/mol. The molecule has 1 heterocycles. The Balaban J connectivity index is 2.65. The fraction of sp³-hybridized carbons (Fsp3) is 0.286. The maximum Gasteiger partial charge on any atom is 0.131 e. The van der Waals surface area contributed by atoms with Gasteiger partial charge in [-0.3, -0.25) is 0 Å². The van der Waals surface area contributed by atoms with Crippen molar-refractivity contribution in [3.05, 3.63) is 35.7 Å². The van der Waals surface area contributed by atoms with Crippen LogP contribution in [0.2, 0.25) is 0 Å². The number of benzene rings is 1. The lowest BCUT2D eigenvalue weighted by Crippen LogP contribution is -2.04. The van der Waals surface area contributed by atoms with Gasteiger partial charge in [-0.1, -0.05) is 25.1 Å². The summed E-state index contributed by atoms with van der Waals surface area (Å²) in [6, 6.07) is 9.59. The van der Waals surface area contributed by atoms with E-state index in [1.54, 1.807) is 6.07 Å². The van der Waals surface area contributed by atoms with Crippen molar-refractivity contribution in [2.45, 2.75) is 26.8 Å². The molecule has 0 saturated heterocycles. The highest BCUT2D eigenvalue weighted by Crippen LogP contribution is 2.29. The van der Waals surface area contributed by atoms with Crippen molar-refractivity contribution in [3.63, 3.8) is 0 Å². The molecule has 0 fully saturated rings. The summed E-state index contributed by atoms with van der Waals surface area (Å²) in [4.78, 5) is 4.56. The summed E-state index contributed by atoms with van der Waals surface area (Å²) in [6.07, 6.45) is 0.826. The minimum Gasteiger partial charge on any atom is -0.383 e. The minimum atomic E-state index is 0.604. The van der Waals surface area contributed by atoms with E-state index >= 15 is 0 Å². The predicted octanol–water partition coefficient (Wildman–Crippen LogP) is 2.59. The summed E-state index contributed by atoms with van der Waals surface area (Å²) in [5, 5.41) is 9.14. The van der Waals surface area contributed by atoms with Crippen LogP contribution < -0.4 is 5.73 Å². The number of nitrogens with zero attached hydrogens (tertiary/aromatic N) is 3. The Morgan fingerprint density at radius 3 is 2.61 bits per heavy atom. The largest absolute Gasteiger partial charge is 0.383 e.